The lowest BCUT2D eigenvalue weighted by Crippen LogP contribution is -2.18. The summed E-state index contributed by atoms with van der Waals surface area (Å²) in [6, 6.07) is 12.5. The average Bonchev–Trinajstić information content (AvgIpc) is 2.38. The lowest BCUT2D eigenvalue weighted by atomic mass is 10.1. The van der Waals surface area contributed by atoms with Gasteiger partial charge in [0.05, 0.1) is 11.3 Å². The van der Waals surface area contributed by atoms with E-state index in [9.17, 15) is 4.79 Å². The Kier molecular flexibility index (Phi) is 4.91. The number of hydrogen-bond acceptors (Lipinski definition) is 2. The Bertz CT molecular complexity index is 689. The van der Waals surface area contributed by atoms with Gasteiger partial charge in [0.2, 0.25) is 0 Å². The van der Waals surface area contributed by atoms with E-state index in [0.717, 1.165) is 8.95 Å². The van der Waals surface area contributed by atoms with Crippen molar-refractivity contribution in [2.45, 2.75) is 0 Å². The summed E-state index contributed by atoms with van der Waals surface area (Å²) < 4.78 is 1.56. The van der Waals surface area contributed by atoms with Crippen molar-refractivity contribution >= 4 is 60.7 Å². The molecule has 1 amide bonds. The van der Waals surface area contributed by atoms with E-state index in [1.165, 1.54) is 0 Å². The summed E-state index contributed by atoms with van der Waals surface area (Å²) in [6.45, 7) is 0. The number of carbonyl (C=O) groups is 1. The van der Waals surface area contributed by atoms with Crippen LogP contribution in [0.15, 0.2) is 51.4 Å². The van der Waals surface area contributed by atoms with E-state index >= 15 is 0 Å². The first-order valence-corrected chi connectivity index (χ1v) is 7.63. The molecule has 2 rings (SSSR count). The van der Waals surface area contributed by atoms with E-state index in [1.807, 2.05) is 18.2 Å². The molecule has 2 aromatic rings. The van der Waals surface area contributed by atoms with Crippen LogP contribution < -0.4 is 11.1 Å². The normalized spacial score (nSPS) is 10.1. The molecule has 0 radical (unpaired) electrons. The van der Waals surface area contributed by atoms with E-state index in [2.05, 4.69) is 37.2 Å². The van der Waals surface area contributed by atoms with Crippen LogP contribution in [0.3, 0.4) is 0 Å². The summed E-state index contributed by atoms with van der Waals surface area (Å²) in [5, 5.41) is 2.82. The first-order valence-electron chi connectivity index (χ1n) is 5.64. The summed E-state index contributed by atoms with van der Waals surface area (Å²) in [5.41, 5.74) is 7.41. The molecule has 102 valence electrons. The first kappa shape index (κ1) is 15.2. The molecule has 2 aromatic carbocycles. The molecule has 0 aromatic heterocycles. The van der Waals surface area contributed by atoms with Gasteiger partial charge in [0.1, 0.15) is 4.99 Å². The van der Waals surface area contributed by atoms with Gasteiger partial charge < -0.3 is 11.1 Å². The number of benzene rings is 2. The minimum atomic E-state index is -0.229. The zero-order valence-corrected chi connectivity index (χ0v) is 14.2. The molecule has 0 atom stereocenters. The van der Waals surface area contributed by atoms with Crippen LogP contribution in [0.25, 0.3) is 0 Å². The number of nitrogens with two attached hydrogens (primary N) is 1. The second kappa shape index (κ2) is 6.47. The number of hydrogen-bond donors (Lipinski definition) is 2. The van der Waals surface area contributed by atoms with Crippen LogP contribution in [0.4, 0.5) is 5.69 Å². The predicted octanol–water partition coefficient (Wildman–Crippen LogP) is 4.10. The second-order valence-corrected chi connectivity index (χ2v) is 6.20. The quantitative estimate of drug-likeness (QED) is 0.744. The van der Waals surface area contributed by atoms with E-state index in [-0.39, 0.29) is 10.9 Å². The van der Waals surface area contributed by atoms with E-state index in [1.54, 1.807) is 24.3 Å². The molecule has 0 saturated carbocycles. The standard InChI is InChI=1S/C14H10Br2N2OS/c15-8-5-6-10(13(17)20)12(7-8)18-14(19)9-3-1-2-4-11(9)16/h1-7H,(H2,17,20)(H,18,19). The van der Waals surface area contributed by atoms with Gasteiger partial charge in [-0.25, -0.2) is 0 Å². The Hall–Kier alpha value is -1.24. The summed E-state index contributed by atoms with van der Waals surface area (Å²) in [6.07, 6.45) is 0. The number of thiocarbonyl (C=S) groups is 1. The van der Waals surface area contributed by atoms with Crippen molar-refractivity contribution in [3.8, 4) is 0 Å². The maximum absolute atomic E-state index is 12.3. The molecule has 0 heterocycles. The Morgan fingerprint density at radius 3 is 2.45 bits per heavy atom. The third-order valence-corrected chi connectivity index (χ3v) is 4.02. The molecule has 20 heavy (non-hydrogen) atoms. The highest BCUT2D eigenvalue weighted by Crippen LogP contribution is 2.23. The van der Waals surface area contributed by atoms with Gasteiger partial charge in [0, 0.05) is 14.5 Å². The van der Waals surface area contributed by atoms with Crippen LogP contribution in [0, 0.1) is 0 Å². The lowest BCUT2D eigenvalue weighted by Gasteiger charge is -2.11. The Labute approximate surface area is 138 Å². The third-order valence-electron chi connectivity index (χ3n) is 2.61. The van der Waals surface area contributed by atoms with Crippen LogP contribution in [0.2, 0.25) is 0 Å². The number of carbonyl (C=O) groups excluding carboxylic acids is 1. The average molecular weight is 414 g/mol. The van der Waals surface area contributed by atoms with Crippen LogP contribution in [-0.2, 0) is 0 Å². The van der Waals surface area contributed by atoms with Crippen molar-refractivity contribution in [3.63, 3.8) is 0 Å². The topological polar surface area (TPSA) is 55.1 Å². The predicted molar refractivity (Wildman–Crippen MR) is 92.1 cm³/mol. The van der Waals surface area contributed by atoms with Gasteiger partial charge in [0.15, 0.2) is 0 Å². The molecule has 0 fully saturated rings. The van der Waals surface area contributed by atoms with Crippen molar-refractivity contribution < 1.29 is 4.79 Å². The van der Waals surface area contributed by atoms with Crippen LogP contribution in [0.5, 0.6) is 0 Å². The van der Waals surface area contributed by atoms with Crippen molar-refractivity contribution in [3.05, 3.63) is 62.5 Å². The fourth-order valence-electron chi connectivity index (χ4n) is 1.67. The molecule has 3 N–H and O–H groups in total. The maximum atomic E-state index is 12.3. The summed E-state index contributed by atoms with van der Waals surface area (Å²) in [4.78, 5) is 12.5. The van der Waals surface area contributed by atoms with E-state index < -0.39 is 0 Å². The Balaban J connectivity index is 2.35. The van der Waals surface area contributed by atoms with Gasteiger partial charge in [-0.2, -0.15) is 0 Å². The highest BCUT2D eigenvalue weighted by molar-refractivity contribution is 9.10. The van der Waals surface area contributed by atoms with E-state index in [4.69, 9.17) is 18.0 Å². The van der Waals surface area contributed by atoms with Gasteiger partial charge in [-0.05, 0) is 46.3 Å². The van der Waals surface area contributed by atoms with Gasteiger partial charge in [0.25, 0.3) is 5.91 Å². The van der Waals surface area contributed by atoms with Crippen LogP contribution in [-0.4, -0.2) is 10.9 Å². The van der Waals surface area contributed by atoms with Crippen LogP contribution in [0.1, 0.15) is 15.9 Å². The highest BCUT2D eigenvalue weighted by Gasteiger charge is 2.13. The SMILES string of the molecule is NC(=S)c1ccc(Br)cc1NC(=O)c1ccccc1Br. The number of anilines is 1. The Morgan fingerprint density at radius 2 is 1.80 bits per heavy atom. The minimum Gasteiger partial charge on any atom is -0.389 e. The van der Waals surface area contributed by atoms with Gasteiger partial charge >= 0.3 is 0 Å². The molecule has 0 aliphatic heterocycles. The minimum absolute atomic E-state index is 0.229. The summed E-state index contributed by atoms with van der Waals surface area (Å²) in [7, 11) is 0. The van der Waals surface area contributed by atoms with E-state index in [0.29, 0.717) is 16.8 Å². The largest absolute Gasteiger partial charge is 0.389 e. The molecule has 6 heteroatoms. The van der Waals surface area contributed by atoms with Crippen molar-refractivity contribution in [2.75, 3.05) is 5.32 Å². The van der Waals surface area contributed by atoms with Gasteiger partial charge in [-0.15, -0.1) is 0 Å². The summed E-state index contributed by atoms with van der Waals surface area (Å²) >= 11 is 11.7. The van der Waals surface area contributed by atoms with Gasteiger partial charge in [-0.1, -0.05) is 40.3 Å². The molecule has 0 bridgehead atoms. The van der Waals surface area contributed by atoms with Crippen LogP contribution >= 0.6 is 44.1 Å². The molecule has 0 aliphatic carbocycles. The van der Waals surface area contributed by atoms with Crippen molar-refractivity contribution in [2.24, 2.45) is 5.73 Å². The fourth-order valence-corrected chi connectivity index (χ4v) is 2.67. The molecule has 0 unspecified atom stereocenters. The fraction of sp³-hybridized carbons (Fsp3) is 0. The molecule has 0 spiro atoms. The zero-order valence-electron chi connectivity index (χ0n) is 10.2. The smallest absolute Gasteiger partial charge is 0.256 e. The molecule has 3 nitrogen and oxygen atoms in total. The highest BCUT2D eigenvalue weighted by atomic mass is 79.9. The van der Waals surface area contributed by atoms with Gasteiger partial charge in [-0.3, -0.25) is 4.79 Å². The third kappa shape index (κ3) is 3.45. The molecule has 0 aliphatic rings. The second-order valence-electron chi connectivity index (χ2n) is 3.99. The number of amides is 1. The number of nitrogens with one attached hydrogen (secondary N) is 1. The lowest BCUT2D eigenvalue weighted by molar-refractivity contribution is 0.102. The number of rotatable bonds is 3. The molecular formula is C14H10Br2N2OS. The number of halogens is 2. The van der Waals surface area contributed by atoms with Crippen molar-refractivity contribution in [1.82, 2.24) is 0 Å². The Morgan fingerprint density at radius 1 is 1.10 bits per heavy atom. The monoisotopic (exact) mass is 412 g/mol. The first-order chi connectivity index (χ1) is 9.49. The van der Waals surface area contributed by atoms with Crippen molar-refractivity contribution in [1.29, 1.82) is 0 Å². The summed E-state index contributed by atoms with van der Waals surface area (Å²) in [5.74, 6) is -0.229. The molecule has 0 saturated heterocycles. The maximum Gasteiger partial charge on any atom is 0.256 e. The molecular weight excluding hydrogens is 404 g/mol. The zero-order chi connectivity index (χ0) is 14.7.